The minimum absolute atomic E-state index is 0.0516. The lowest BCUT2D eigenvalue weighted by atomic mass is 9.71. The Morgan fingerprint density at radius 2 is 1.52 bits per heavy atom. The fourth-order valence-corrected chi connectivity index (χ4v) is 4.44. The van der Waals surface area contributed by atoms with Crippen LogP contribution in [-0.2, 0) is 5.41 Å². The van der Waals surface area contributed by atoms with Gasteiger partial charge < -0.3 is 5.32 Å². The van der Waals surface area contributed by atoms with Gasteiger partial charge in [0.2, 0.25) is 0 Å². The molecule has 1 saturated heterocycles. The summed E-state index contributed by atoms with van der Waals surface area (Å²) in [5.74, 6) is 0. The molecule has 0 unspecified atom stereocenters. The summed E-state index contributed by atoms with van der Waals surface area (Å²) in [7, 11) is 0. The number of nitrogens with one attached hydrogen (secondary N) is 1. The lowest BCUT2D eigenvalue weighted by Gasteiger charge is -2.37. The van der Waals surface area contributed by atoms with Gasteiger partial charge in [0.1, 0.15) is 5.01 Å². The van der Waals surface area contributed by atoms with Gasteiger partial charge in [-0.15, -0.1) is 11.3 Å². The van der Waals surface area contributed by atoms with Crippen LogP contribution in [0.25, 0.3) is 10.6 Å². The van der Waals surface area contributed by atoms with Crippen molar-refractivity contribution in [2.24, 2.45) is 0 Å². The molecule has 0 saturated carbocycles. The van der Waals surface area contributed by atoms with Gasteiger partial charge in [0.15, 0.2) is 0 Å². The highest BCUT2D eigenvalue weighted by Crippen LogP contribution is 2.41. The first-order valence-corrected chi connectivity index (χ1v) is 9.04. The molecule has 0 radical (unpaired) electrons. The van der Waals surface area contributed by atoms with Crippen LogP contribution in [-0.4, -0.2) is 18.1 Å². The molecule has 4 rings (SSSR count). The Hall–Kier alpha value is -1.97. The Labute approximate surface area is 141 Å². The minimum atomic E-state index is 0.0516. The van der Waals surface area contributed by atoms with Crippen LogP contribution >= 0.6 is 11.3 Å². The van der Waals surface area contributed by atoms with Gasteiger partial charge in [-0.2, -0.15) is 0 Å². The van der Waals surface area contributed by atoms with E-state index in [0.29, 0.717) is 0 Å². The van der Waals surface area contributed by atoms with Gasteiger partial charge in [0.25, 0.3) is 0 Å². The van der Waals surface area contributed by atoms with E-state index in [9.17, 15) is 0 Å². The third-order valence-electron chi connectivity index (χ3n) is 4.80. The van der Waals surface area contributed by atoms with E-state index in [0.717, 1.165) is 30.9 Å². The summed E-state index contributed by atoms with van der Waals surface area (Å²) in [6.07, 6.45) is 2.21. The topological polar surface area (TPSA) is 24.9 Å². The number of benzene rings is 2. The molecule has 1 aromatic heterocycles. The van der Waals surface area contributed by atoms with Gasteiger partial charge in [-0.3, -0.25) is 0 Å². The maximum atomic E-state index is 5.04. The molecule has 3 aromatic rings. The van der Waals surface area contributed by atoms with E-state index in [-0.39, 0.29) is 5.41 Å². The highest BCUT2D eigenvalue weighted by molar-refractivity contribution is 7.13. The molecule has 1 N–H and O–H groups in total. The first-order chi connectivity index (χ1) is 11.4. The molecule has 0 amide bonds. The SMILES string of the molecule is c1ccc(-c2nc(C3(c4ccccc4)CCNCC3)cs2)cc1. The zero-order valence-corrected chi connectivity index (χ0v) is 13.9. The third kappa shape index (κ3) is 2.71. The Balaban J connectivity index is 1.78. The van der Waals surface area contributed by atoms with Gasteiger partial charge in [0, 0.05) is 16.4 Å². The zero-order valence-electron chi connectivity index (χ0n) is 13.0. The molecule has 2 nitrogen and oxygen atoms in total. The molecule has 0 spiro atoms. The van der Waals surface area contributed by atoms with Crippen molar-refractivity contribution in [1.29, 1.82) is 0 Å². The van der Waals surface area contributed by atoms with Crippen LogP contribution in [0, 0.1) is 0 Å². The molecule has 1 fully saturated rings. The van der Waals surface area contributed by atoms with Crippen LogP contribution in [0.4, 0.5) is 0 Å². The summed E-state index contributed by atoms with van der Waals surface area (Å²) in [4.78, 5) is 5.04. The molecule has 2 aromatic carbocycles. The van der Waals surface area contributed by atoms with E-state index in [2.05, 4.69) is 71.4 Å². The van der Waals surface area contributed by atoms with Crippen molar-refractivity contribution in [3.05, 3.63) is 77.3 Å². The Bertz CT molecular complexity index is 759. The maximum absolute atomic E-state index is 5.04. The lowest BCUT2D eigenvalue weighted by molar-refractivity contribution is 0.356. The normalized spacial score (nSPS) is 17.0. The molecule has 23 heavy (non-hydrogen) atoms. The van der Waals surface area contributed by atoms with Gasteiger partial charge in [-0.25, -0.2) is 4.98 Å². The fourth-order valence-electron chi connectivity index (χ4n) is 3.51. The summed E-state index contributed by atoms with van der Waals surface area (Å²) in [5.41, 5.74) is 3.89. The highest BCUT2D eigenvalue weighted by atomic mass is 32.1. The smallest absolute Gasteiger partial charge is 0.123 e. The summed E-state index contributed by atoms with van der Waals surface area (Å²) in [6.45, 7) is 2.10. The number of hydrogen-bond acceptors (Lipinski definition) is 3. The average molecular weight is 320 g/mol. The second-order valence-corrected chi connectivity index (χ2v) is 6.96. The van der Waals surface area contributed by atoms with E-state index in [1.165, 1.54) is 16.8 Å². The number of nitrogens with zero attached hydrogens (tertiary/aromatic N) is 1. The molecule has 1 aliphatic heterocycles. The highest BCUT2D eigenvalue weighted by Gasteiger charge is 2.37. The van der Waals surface area contributed by atoms with Crippen molar-refractivity contribution in [2.45, 2.75) is 18.3 Å². The van der Waals surface area contributed by atoms with Gasteiger partial charge in [-0.1, -0.05) is 60.7 Å². The standard InChI is InChI=1S/C20H20N2S/c1-3-7-16(8-4-1)19-22-18(15-23-19)20(11-13-21-14-12-20)17-9-5-2-6-10-17/h1-10,15,21H,11-14H2. The molecule has 0 bridgehead atoms. The zero-order chi connectivity index (χ0) is 15.5. The van der Waals surface area contributed by atoms with Crippen molar-refractivity contribution in [2.75, 3.05) is 13.1 Å². The molecular formula is C20H20N2S. The second-order valence-electron chi connectivity index (χ2n) is 6.10. The summed E-state index contributed by atoms with van der Waals surface area (Å²) in [5, 5.41) is 6.88. The number of thiazole rings is 1. The van der Waals surface area contributed by atoms with Crippen LogP contribution in [0.15, 0.2) is 66.0 Å². The molecule has 1 aliphatic rings. The van der Waals surface area contributed by atoms with Gasteiger partial charge in [0.05, 0.1) is 5.69 Å². The summed E-state index contributed by atoms with van der Waals surface area (Å²) in [6, 6.07) is 21.4. The predicted octanol–water partition coefficient (Wildman–Crippen LogP) is 4.48. The van der Waals surface area contributed by atoms with E-state index < -0.39 is 0 Å². The maximum Gasteiger partial charge on any atom is 0.123 e. The average Bonchev–Trinajstić information content (AvgIpc) is 3.14. The molecule has 3 heteroatoms. The van der Waals surface area contributed by atoms with E-state index in [1.54, 1.807) is 11.3 Å². The molecule has 0 atom stereocenters. The van der Waals surface area contributed by atoms with Crippen molar-refractivity contribution >= 4 is 11.3 Å². The Kier molecular flexibility index (Phi) is 3.98. The number of hydrogen-bond donors (Lipinski definition) is 1. The van der Waals surface area contributed by atoms with Crippen molar-refractivity contribution in [3.8, 4) is 10.6 Å². The van der Waals surface area contributed by atoms with Crippen LogP contribution < -0.4 is 5.32 Å². The van der Waals surface area contributed by atoms with E-state index in [4.69, 9.17) is 4.98 Å². The van der Waals surface area contributed by atoms with Crippen LogP contribution in [0.3, 0.4) is 0 Å². The second kappa shape index (κ2) is 6.26. The number of aromatic nitrogens is 1. The van der Waals surface area contributed by atoms with Crippen molar-refractivity contribution < 1.29 is 0 Å². The predicted molar refractivity (Wildman–Crippen MR) is 96.9 cm³/mol. The molecule has 0 aliphatic carbocycles. The van der Waals surface area contributed by atoms with E-state index in [1.807, 2.05) is 0 Å². The Morgan fingerprint density at radius 1 is 0.870 bits per heavy atom. The number of rotatable bonds is 3. The fraction of sp³-hybridized carbons (Fsp3) is 0.250. The molecule has 116 valence electrons. The largest absolute Gasteiger partial charge is 0.317 e. The minimum Gasteiger partial charge on any atom is -0.317 e. The number of piperidine rings is 1. The van der Waals surface area contributed by atoms with E-state index >= 15 is 0 Å². The Morgan fingerprint density at radius 3 is 2.22 bits per heavy atom. The first kappa shape index (κ1) is 14.6. The van der Waals surface area contributed by atoms with Crippen LogP contribution in [0.5, 0.6) is 0 Å². The first-order valence-electron chi connectivity index (χ1n) is 8.16. The van der Waals surface area contributed by atoms with Gasteiger partial charge >= 0.3 is 0 Å². The van der Waals surface area contributed by atoms with Crippen LogP contribution in [0.2, 0.25) is 0 Å². The molecular weight excluding hydrogens is 300 g/mol. The van der Waals surface area contributed by atoms with Crippen LogP contribution in [0.1, 0.15) is 24.1 Å². The van der Waals surface area contributed by atoms with Gasteiger partial charge in [-0.05, 0) is 31.5 Å². The lowest BCUT2D eigenvalue weighted by Crippen LogP contribution is -2.41. The summed E-state index contributed by atoms with van der Waals surface area (Å²) < 4.78 is 0. The molecule has 2 heterocycles. The third-order valence-corrected chi connectivity index (χ3v) is 5.69. The van der Waals surface area contributed by atoms with Crippen molar-refractivity contribution in [1.82, 2.24) is 10.3 Å². The quantitative estimate of drug-likeness (QED) is 0.769. The van der Waals surface area contributed by atoms with Crippen molar-refractivity contribution in [3.63, 3.8) is 0 Å². The monoisotopic (exact) mass is 320 g/mol. The summed E-state index contributed by atoms with van der Waals surface area (Å²) >= 11 is 1.76.